The van der Waals surface area contributed by atoms with Crippen LogP contribution in [0.15, 0.2) is 18.7 Å². The molecule has 0 aromatic carbocycles. The lowest BCUT2D eigenvalue weighted by Gasteiger charge is -2.35. The minimum atomic E-state index is -5.99. The van der Waals surface area contributed by atoms with Crippen molar-refractivity contribution in [2.75, 3.05) is 7.11 Å². The van der Waals surface area contributed by atoms with Crippen molar-refractivity contribution in [1.82, 2.24) is 4.57 Å². The summed E-state index contributed by atoms with van der Waals surface area (Å²) in [4.78, 5) is 0. The van der Waals surface area contributed by atoms with E-state index < -0.39 is 18.3 Å². The Labute approximate surface area is 124 Å². The average Bonchev–Trinajstić information content (AvgIpc) is 2.86. The van der Waals surface area contributed by atoms with E-state index in [-0.39, 0.29) is 0 Å². The van der Waals surface area contributed by atoms with Crippen LogP contribution < -0.4 is 4.57 Å². The molecule has 122 valence electrons. The van der Waals surface area contributed by atoms with Gasteiger partial charge in [0.1, 0.15) is 12.4 Å². The molecule has 0 unspecified atom stereocenters. The maximum atomic E-state index is 12.6. The molecule has 0 aliphatic heterocycles. The van der Waals surface area contributed by atoms with Crippen LogP contribution in [-0.2, 0) is 18.2 Å². The molecule has 1 heterocycles. The molecule has 1 aromatic heterocycles. The molecule has 0 atom stereocenters. The van der Waals surface area contributed by atoms with E-state index in [1.807, 2.05) is 17.8 Å². The zero-order chi connectivity index (χ0) is 17.6. The highest BCUT2D eigenvalue weighted by molar-refractivity contribution is 6.90. The van der Waals surface area contributed by atoms with Gasteiger partial charge in [-0.25, -0.2) is 28.4 Å². The van der Waals surface area contributed by atoms with Crippen LogP contribution in [0.1, 0.15) is 6.92 Å². The van der Waals surface area contributed by atoms with Gasteiger partial charge in [0.2, 0.25) is 6.33 Å². The van der Waals surface area contributed by atoms with Gasteiger partial charge in [0.05, 0.1) is 13.6 Å². The van der Waals surface area contributed by atoms with E-state index in [0.29, 0.717) is 19.0 Å². The number of nitriles is 2. The van der Waals surface area contributed by atoms with Crippen molar-refractivity contribution in [3.63, 3.8) is 0 Å². The van der Waals surface area contributed by atoms with Crippen molar-refractivity contribution in [1.29, 1.82) is 10.5 Å². The van der Waals surface area contributed by atoms with E-state index in [9.17, 15) is 22.0 Å². The first-order chi connectivity index (χ1) is 10.0. The van der Waals surface area contributed by atoms with Crippen molar-refractivity contribution >= 4 is 6.35 Å². The lowest BCUT2D eigenvalue weighted by molar-refractivity contribution is -0.671. The van der Waals surface area contributed by atoms with E-state index >= 15 is 0 Å². The van der Waals surface area contributed by atoms with Crippen LogP contribution in [0.4, 0.5) is 22.0 Å². The molecule has 0 N–H and O–H groups in total. The largest absolute Gasteiger partial charge is 0.567 e. The van der Waals surface area contributed by atoms with Crippen molar-refractivity contribution in [3.8, 4) is 11.9 Å². The smallest absolute Gasteiger partial charge is 0.422 e. The molecular formula is C11H14BF5N4O. The molecule has 1 aromatic rings. The third kappa shape index (κ3) is 3.95. The van der Waals surface area contributed by atoms with E-state index in [4.69, 9.17) is 10.5 Å². The number of rotatable bonds is 3. The van der Waals surface area contributed by atoms with Crippen LogP contribution in [0.2, 0.25) is 0 Å². The Morgan fingerprint density at radius 1 is 1.23 bits per heavy atom. The zero-order valence-electron chi connectivity index (χ0n) is 12.1. The number of halogens is 5. The van der Waals surface area contributed by atoms with Crippen molar-refractivity contribution in [3.05, 3.63) is 18.7 Å². The number of aryl methyl sites for hydroxylation is 2. The number of imidazole rings is 1. The van der Waals surface area contributed by atoms with Crippen molar-refractivity contribution in [2.45, 2.75) is 25.5 Å². The summed E-state index contributed by atoms with van der Waals surface area (Å²) in [5, 5.41) is 16.3. The molecule has 0 fully saturated rings. The summed E-state index contributed by atoms with van der Waals surface area (Å²) in [6, 6.07) is 0. The third-order valence-electron chi connectivity index (χ3n) is 2.79. The second-order valence-electron chi connectivity index (χ2n) is 4.31. The minimum Gasteiger partial charge on any atom is -0.567 e. The maximum absolute atomic E-state index is 12.6. The molecule has 1 rings (SSSR count). The summed E-state index contributed by atoms with van der Waals surface area (Å²) < 4.78 is 68.3. The Bertz CT molecular complexity index is 558. The Balaban J connectivity index is 0.000000461. The highest BCUT2D eigenvalue weighted by atomic mass is 19.4. The SMILES string of the molecule is CCn1cc[n+](C)c1.CO[B-](C#N)(C#N)C(F)(F)C(F)(F)F. The van der Waals surface area contributed by atoms with Gasteiger partial charge in [0.15, 0.2) is 0 Å². The first-order valence-electron chi connectivity index (χ1n) is 5.99. The first kappa shape index (κ1) is 19.9. The summed E-state index contributed by atoms with van der Waals surface area (Å²) in [5.74, 6) is -4.34. The highest BCUT2D eigenvalue weighted by Crippen LogP contribution is 2.41. The summed E-state index contributed by atoms with van der Waals surface area (Å²) in [7, 11) is 2.47. The van der Waals surface area contributed by atoms with Crippen molar-refractivity contribution < 1.29 is 31.2 Å². The van der Waals surface area contributed by atoms with Crippen LogP contribution in [0.5, 0.6) is 0 Å². The standard InChI is InChI=1S/C6H11N2.C5H3BF5N2O/c1-3-8-5-4-7(2)6-8;1-14-6(2-12,3-13)4(7,8)5(9,10)11/h4-6H,3H2,1-2H3;1H3/q+1;-1. The monoisotopic (exact) mass is 324 g/mol. The Morgan fingerprint density at radius 2 is 1.73 bits per heavy atom. The quantitative estimate of drug-likeness (QED) is 0.484. The third-order valence-corrected chi connectivity index (χ3v) is 2.79. The maximum Gasteiger partial charge on any atom is 0.422 e. The number of nitrogens with zero attached hydrogens (tertiary/aromatic N) is 4. The van der Waals surface area contributed by atoms with Gasteiger partial charge in [-0.2, -0.15) is 13.2 Å². The van der Waals surface area contributed by atoms with E-state index in [1.165, 1.54) is 0 Å². The van der Waals surface area contributed by atoms with Gasteiger partial charge < -0.3 is 4.65 Å². The average molecular weight is 324 g/mol. The lowest BCUT2D eigenvalue weighted by Crippen LogP contribution is -2.61. The van der Waals surface area contributed by atoms with E-state index in [0.717, 1.165) is 6.54 Å². The Kier molecular flexibility index (Phi) is 6.53. The molecule has 0 amide bonds. The second kappa shape index (κ2) is 7.23. The van der Waals surface area contributed by atoms with Crippen LogP contribution in [0, 0.1) is 22.5 Å². The fraction of sp³-hybridized carbons (Fsp3) is 0.545. The van der Waals surface area contributed by atoms with Gasteiger partial charge in [0, 0.05) is 0 Å². The predicted molar refractivity (Wildman–Crippen MR) is 66.3 cm³/mol. The molecule has 5 nitrogen and oxygen atoms in total. The van der Waals surface area contributed by atoms with Gasteiger partial charge in [-0.1, -0.05) is 11.9 Å². The van der Waals surface area contributed by atoms with Crippen LogP contribution >= 0.6 is 0 Å². The van der Waals surface area contributed by atoms with Gasteiger partial charge in [0.25, 0.3) is 5.82 Å². The summed E-state index contributed by atoms with van der Waals surface area (Å²) in [5.41, 5.74) is 0. The van der Waals surface area contributed by atoms with Crippen molar-refractivity contribution in [2.24, 2.45) is 7.05 Å². The molecule has 11 heteroatoms. The predicted octanol–water partition coefficient (Wildman–Crippen LogP) is 1.77. The number of hydrogen-bond donors (Lipinski definition) is 0. The van der Waals surface area contributed by atoms with Gasteiger partial charge in [-0.3, -0.25) is 0 Å². The number of hydrogen-bond acceptors (Lipinski definition) is 3. The highest BCUT2D eigenvalue weighted by Gasteiger charge is 2.67. The molecule has 0 aliphatic carbocycles. The summed E-state index contributed by atoms with van der Waals surface area (Å²) >= 11 is 0. The number of aromatic nitrogens is 2. The van der Waals surface area contributed by atoms with Crippen LogP contribution in [-0.4, -0.2) is 30.0 Å². The zero-order valence-corrected chi connectivity index (χ0v) is 12.1. The van der Waals surface area contributed by atoms with Gasteiger partial charge in [-0.15, -0.1) is 0 Å². The summed E-state index contributed by atoms with van der Waals surface area (Å²) in [6.07, 6.45) is -4.40. The normalized spacial score (nSPS) is 11.9. The molecular weight excluding hydrogens is 310 g/mol. The molecule has 0 aliphatic rings. The topological polar surface area (TPSA) is 65.6 Å². The molecule has 22 heavy (non-hydrogen) atoms. The van der Waals surface area contributed by atoms with Crippen LogP contribution in [0.25, 0.3) is 0 Å². The first-order valence-corrected chi connectivity index (χ1v) is 5.99. The fourth-order valence-electron chi connectivity index (χ4n) is 1.36. The van der Waals surface area contributed by atoms with Gasteiger partial charge in [-0.05, 0) is 14.0 Å². The van der Waals surface area contributed by atoms with E-state index in [1.54, 1.807) is 0 Å². The molecule has 0 saturated heterocycles. The van der Waals surface area contributed by atoms with Crippen LogP contribution in [0.3, 0.4) is 0 Å². The minimum absolute atomic E-state index is 0.450. The molecule has 0 bridgehead atoms. The molecule has 0 spiro atoms. The van der Waals surface area contributed by atoms with E-state index in [2.05, 4.69) is 28.7 Å². The number of alkyl halides is 5. The second-order valence-corrected chi connectivity index (χ2v) is 4.31. The fourth-order valence-corrected chi connectivity index (χ4v) is 1.36. The van der Waals surface area contributed by atoms with Gasteiger partial charge >= 0.3 is 12.5 Å². The molecule has 0 saturated carbocycles. The summed E-state index contributed by atoms with van der Waals surface area (Å²) in [6.45, 7) is 3.18. The Morgan fingerprint density at radius 3 is 1.86 bits per heavy atom. The Hall–Kier alpha value is -2.14. The lowest BCUT2D eigenvalue weighted by atomic mass is 9.37. The molecule has 0 radical (unpaired) electrons.